The molecule has 1 atom stereocenters. The summed E-state index contributed by atoms with van der Waals surface area (Å²) in [6.07, 6.45) is 1.54. The zero-order valence-corrected chi connectivity index (χ0v) is 12.4. The van der Waals surface area contributed by atoms with E-state index < -0.39 is 0 Å². The molecular weight excluding hydrogens is 292 g/mol. The molecule has 3 heterocycles. The first kappa shape index (κ1) is 13.8. The molecule has 3 aromatic rings. The molecule has 2 N–H and O–H groups in total. The van der Waals surface area contributed by atoms with Gasteiger partial charge in [0.1, 0.15) is 17.6 Å². The molecule has 0 aliphatic carbocycles. The van der Waals surface area contributed by atoms with Crippen molar-refractivity contribution in [2.45, 2.75) is 12.7 Å². The first-order valence-corrected chi connectivity index (χ1v) is 7.50. The van der Waals surface area contributed by atoms with Gasteiger partial charge in [0.15, 0.2) is 0 Å². The lowest BCUT2D eigenvalue weighted by Gasteiger charge is -2.25. The molecule has 116 valence electrons. The van der Waals surface area contributed by atoms with Crippen LogP contribution in [0.15, 0.2) is 59.2 Å². The van der Waals surface area contributed by atoms with Crippen molar-refractivity contribution in [1.29, 1.82) is 0 Å². The highest BCUT2D eigenvalue weighted by Crippen LogP contribution is 2.22. The van der Waals surface area contributed by atoms with Crippen molar-refractivity contribution >= 4 is 5.91 Å². The van der Waals surface area contributed by atoms with E-state index >= 15 is 0 Å². The molecule has 1 aliphatic rings. The molecule has 1 aromatic carbocycles. The Morgan fingerprint density at radius 3 is 2.91 bits per heavy atom. The van der Waals surface area contributed by atoms with Gasteiger partial charge >= 0.3 is 0 Å². The van der Waals surface area contributed by atoms with E-state index in [9.17, 15) is 4.79 Å². The van der Waals surface area contributed by atoms with Gasteiger partial charge in [0.25, 0.3) is 5.91 Å². The number of nitrogens with zero attached hydrogens (tertiary/aromatic N) is 2. The van der Waals surface area contributed by atoms with Gasteiger partial charge in [0, 0.05) is 5.56 Å². The average molecular weight is 308 g/mol. The maximum absolute atomic E-state index is 12.1. The normalized spacial score (nSPS) is 16.9. The van der Waals surface area contributed by atoms with Crippen LogP contribution in [0.3, 0.4) is 0 Å². The van der Waals surface area contributed by atoms with E-state index in [0.717, 1.165) is 17.0 Å². The predicted molar refractivity (Wildman–Crippen MR) is 84.6 cm³/mol. The number of fused-ring (bicyclic) bond motifs is 1. The van der Waals surface area contributed by atoms with Crippen molar-refractivity contribution in [2.24, 2.45) is 0 Å². The highest BCUT2D eigenvalue weighted by Gasteiger charge is 2.27. The first-order valence-electron chi connectivity index (χ1n) is 7.50. The van der Waals surface area contributed by atoms with Crippen LogP contribution in [0.1, 0.15) is 22.4 Å². The Hall–Kier alpha value is -2.86. The van der Waals surface area contributed by atoms with Gasteiger partial charge in [-0.05, 0) is 18.2 Å². The van der Waals surface area contributed by atoms with Crippen LogP contribution in [-0.2, 0) is 6.54 Å². The molecule has 0 saturated carbocycles. The van der Waals surface area contributed by atoms with E-state index in [1.807, 2.05) is 48.5 Å². The minimum Gasteiger partial charge on any atom is -0.468 e. The second-order valence-corrected chi connectivity index (χ2v) is 5.41. The lowest BCUT2D eigenvalue weighted by Crippen LogP contribution is -2.45. The van der Waals surface area contributed by atoms with Crippen LogP contribution in [0.4, 0.5) is 0 Å². The van der Waals surface area contributed by atoms with Gasteiger partial charge in [-0.15, -0.1) is 0 Å². The number of furan rings is 1. The second kappa shape index (κ2) is 5.73. The average Bonchev–Trinajstić information content (AvgIpc) is 3.25. The van der Waals surface area contributed by atoms with Crippen LogP contribution in [0.5, 0.6) is 0 Å². The van der Waals surface area contributed by atoms with Gasteiger partial charge in [-0.25, -0.2) is 4.68 Å². The summed E-state index contributed by atoms with van der Waals surface area (Å²) in [7, 11) is 0. The highest BCUT2D eigenvalue weighted by molar-refractivity contribution is 5.94. The largest absolute Gasteiger partial charge is 0.468 e. The summed E-state index contributed by atoms with van der Waals surface area (Å²) in [5, 5.41) is 10.9. The van der Waals surface area contributed by atoms with Crippen LogP contribution < -0.4 is 10.6 Å². The summed E-state index contributed by atoms with van der Waals surface area (Å²) in [4.78, 5) is 12.1. The van der Waals surface area contributed by atoms with Crippen LogP contribution in [0, 0.1) is 0 Å². The van der Waals surface area contributed by atoms with Gasteiger partial charge in [0.2, 0.25) is 0 Å². The van der Waals surface area contributed by atoms with Gasteiger partial charge < -0.3 is 9.73 Å². The lowest BCUT2D eigenvalue weighted by molar-refractivity contribution is 0.0899. The molecule has 0 unspecified atom stereocenters. The van der Waals surface area contributed by atoms with E-state index in [0.29, 0.717) is 18.8 Å². The zero-order valence-electron chi connectivity index (χ0n) is 12.4. The van der Waals surface area contributed by atoms with E-state index in [2.05, 4.69) is 15.7 Å². The van der Waals surface area contributed by atoms with E-state index in [1.54, 1.807) is 10.9 Å². The van der Waals surface area contributed by atoms with Crippen LogP contribution in [0.25, 0.3) is 11.3 Å². The summed E-state index contributed by atoms with van der Waals surface area (Å²) in [6.45, 7) is 1.07. The third-order valence-electron chi connectivity index (χ3n) is 3.88. The third-order valence-corrected chi connectivity index (χ3v) is 3.88. The minimum absolute atomic E-state index is 0.101. The van der Waals surface area contributed by atoms with Crippen molar-refractivity contribution in [3.8, 4) is 11.3 Å². The molecule has 1 aliphatic heterocycles. The number of aromatic nitrogens is 2. The van der Waals surface area contributed by atoms with Gasteiger partial charge in [0.05, 0.1) is 25.0 Å². The molecule has 0 fully saturated rings. The van der Waals surface area contributed by atoms with Crippen molar-refractivity contribution in [3.63, 3.8) is 0 Å². The third kappa shape index (κ3) is 2.64. The Morgan fingerprint density at radius 2 is 2.13 bits per heavy atom. The molecule has 2 aromatic heterocycles. The zero-order chi connectivity index (χ0) is 15.6. The number of benzene rings is 1. The number of carbonyl (C=O) groups is 1. The summed E-state index contributed by atoms with van der Waals surface area (Å²) in [5.74, 6) is 0.745. The van der Waals surface area contributed by atoms with Crippen molar-refractivity contribution in [3.05, 3.63) is 66.2 Å². The number of hydrogen-bond acceptors (Lipinski definition) is 4. The molecule has 23 heavy (non-hydrogen) atoms. The van der Waals surface area contributed by atoms with Crippen LogP contribution in [0.2, 0.25) is 0 Å². The maximum Gasteiger partial charge on any atom is 0.269 e. The van der Waals surface area contributed by atoms with Crippen LogP contribution in [-0.4, -0.2) is 22.2 Å². The molecule has 0 spiro atoms. The van der Waals surface area contributed by atoms with Crippen molar-refractivity contribution < 1.29 is 9.21 Å². The van der Waals surface area contributed by atoms with E-state index in [1.165, 1.54) is 0 Å². The standard InChI is InChI=1S/C17H16N4O2/c22-17-15-9-14(12-5-2-1-3-6-12)20-21(15)16(11-19-17)18-10-13-7-4-8-23-13/h1-9,16,18H,10-11H2,(H,19,22)/t16-/m0/s1. The Morgan fingerprint density at radius 1 is 1.26 bits per heavy atom. The molecule has 6 heteroatoms. The summed E-state index contributed by atoms with van der Waals surface area (Å²) in [6, 6.07) is 15.4. The quantitative estimate of drug-likeness (QED) is 0.775. The Labute approximate surface area is 133 Å². The number of carbonyl (C=O) groups excluding carboxylic acids is 1. The van der Waals surface area contributed by atoms with Crippen LogP contribution >= 0.6 is 0 Å². The number of rotatable bonds is 4. The lowest BCUT2D eigenvalue weighted by atomic mass is 10.1. The Bertz CT molecular complexity index is 809. The van der Waals surface area contributed by atoms with Gasteiger partial charge in [-0.3, -0.25) is 10.1 Å². The van der Waals surface area contributed by atoms with Crippen molar-refractivity contribution in [1.82, 2.24) is 20.4 Å². The SMILES string of the molecule is O=C1NC[C@@H](NCc2ccco2)n2nc(-c3ccccc3)cc21. The van der Waals surface area contributed by atoms with E-state index in [-0.39, 0.29) is 12.1 Å². The fourth-order valence-electron chi connectivity index (χ4n) is 2.71. The Kier molecular flexibility index (Phi) is 3.44. The van der Waals surface area contributed by atoms with Gasteiger partial charge in [-0.1, -0.05) is 30.3 Å². The second-order valence-electron chi connectivity index (χ2n) is 5.41. The Balaban J connectivity index is 1.62. The van der Waals surface area contributed by atoms with Crippen molar-refractivity contribution in [2.75, 3.05) is 6.54 Å². The molecule has 0 saturated heterocycles. The molecule has 4 rings (SSSR count). The summed E-state index contributed by atoms with van der Waals surface area (Å²) >= 11 is 0. The number of hydrogen-bond donors (Lipinski definition) is 2. The topological polar surface area (TPSA) is 72.1 Å². The fraction of sp³-hybridized carbons (Fsp3) is 0.176. The fourth-order valence-corrected chi connectivity index (χ4v) is 2.71. The van der Waals surface area contributed by atoms with Gasteiger partial charge in [-0.2, -0.15) is 5.10 Å². The molecular formula is C17H16N4O2. The number of amides is 1. The predicted octanol–water partition coefficient (Wildman–Crippen LogP) is 2.17. The molecule has 0 bridgehead atoms. The first-order chi connectivity index (χ1) is 11.3. The monoisotopic (exact) mass is 308 g/mol. The molecule has 1 amide bonds. The highest BCUT2D eigenvalue weighted by atomic mass is 16.3. The minimum atomic E-state index is -0.106. The number of nitrogens with one attached hydrogen (secondary N) is 2. The van der Waals surface area contributed by atoms with E-state index in [4.69, 9.17) is 4.42 Å². The molecule has 6 nitrogen and oxygen atoms in total. The maximum atomic E-state index is 12.1. The molecule has 0 radical (unpaired) electrons. The smallest absolute Gasteiger partial charge is 0.269 e. The summed E-state index contributed by atoms with van der Waals surface area (Å²) in [5.41, 5.74) is 2.35. The summed E-state index contributed by atoms with van der Waals surface area (Å²) < 4.78 is 7.08.